The molecule has 0 spiro atoms. The van der Waals surface area contributed by atoms with Gasteiger partial charge in [-0.1, -0.05) is 12.1 Å². The topological polar surface area (TPSA) is 75.2 Å². The monoisotopic (exact) mass is 274 g/mol. The molecule has 0 aliphatic carbocycles. The maximum atomic E-state index is 11.9. The molecule has 0 aliphatic heterocycles. The molecule has 0 amide bonds. The number of aliphatic hydroxyl groups is 1. The van der Waals surface area contributed by atoms with Crippen LogP contribution in [0.4, 0.5) is 0 Å². The lowest BCUT2D eigenvalue weighted by Crippen LogP contribution is -2.20. The van der Waals surface area contributed by atoms with Crippen molar-refractivity contribution in [1.29, 1.82) is 0 Å². The molecule has 20 heavy (non-hydrogen) atoms. The van der Waals surface area contributed by atoms with E-state index in [0.29, 0.717) is 29.9 Å². The molecule has 0 radical (unpaired) electrons. The van der Waals surface area contributed by atoms with Crippen LogP contribution in [0.25, 0.3) is 0 Å². The summed E-state index contributed by atoms with van der Waals surface area (Å²) in [6.45, 7) is 1.73. The number of aromatic nitrogens is 2. The minimum atomic E-state index is -0.176. The molecule has 2 aromatic rings. The van der Waals surface area contributed by atoms with Gasteiger partial charge in [-0.25, -0.2) is 4.98 Å². The highest BCUT2D eigenvalue weighted by Gasteiger charge is 2.08. The first-order valence-electron chi connectivity index (χ1n) is 6.46. The molecule has 0 saturated heterocycles. The quantitative estimate of drug-likeness (QED) is 0.859. The van der Waals surface area contributed by atoms with E-state index in [2.05, 4.69) is 9.97 Å². The molecular formula is C15H18N2O3. The molecule has 0 bridgehead atoms. The van der Waals surface area contributed by atoms with Crippen LogP contribution < -0.4 is 10.3 Å². The predicted octanol–water partition coefficient (Wildman–Crippen LogP) is 1.21. The summed E-state index contributed by atoms with van der Waals surface area (Å²) >= 11 is 0. The minimum absolute atomic E-state index is 0.0547. The first kappa shape index (κ1) is 14.3. The fourth-order valence-corrected chi connectivity index (χ4v) is 2.13. The van der Waals surface area contributed by atoms with Crippen LogP contribution in [0.15, 0.2) is 29.1 Å². The average Bonchev–Trinajstić information content (AvgIpc) is 2.43. The van der Waals surface area contributed by atoms with Gasteiger partial charge in [0.05, 0.1) is 7.11 Å². The van der Waals surface area contributed by atoms with E-state index in [1.54, 1.807) is 14.0 Å². The highest BCUT2D eigenvalue weighted by molar-refractivity contribution is 5.30. The third-order valence-corrected chi connectivity index (χ3v) is 3.14. The van der Waals surface area contributed by atoms with Crippen LogP contribution in [-0.4, -0.2) is 28.8 Å². The first-order chi connectivity index (χ1) is 9.63. The lowest BCUT2D eigenvalue weighted by molar-refractivity contribution is 0.298. The van der Waals surface area contributed by atoms with Crippen molar-refractivity contribution in [1.82, 2.24) is 9.97 Å². The van der Waals surface area contributed by atoms with Gasteiger partial charge in [-0.05, 0) is 24.6 Å². The fourth-order valence-electron chi connectivity index (χ4n) is 2.13. The van der Waals surface area contributed by atoms with Crippen LogP contribution in [0, 0.1) is 6.92 Å². The molecule has 2 rings (SSSR count). The molecule has 2 N–H and O–H groups in total. The molecule has 1 aromatic heterocycles. The Bertz CT molecular complexity index is 650. The Hall–Kier alpha value is -2.14. The number of ether oxygens (including phenoxy) is 1. The molecule has 1 aromatic carbocycles. The van der Waals surface area contributed by atoms with Gasteiger partial charge in [0.1, 0.15) is 11.6 Å². The van der Waals surface area contributed by atoms with E-state index in [-0.39, 0.29) is 12.2 Å². The maximum Gasteiger partial charge on any atom is 0.254 e. The number of hydrogen-bond acceptors (Lipinski definition) is 4. The zero-order chi connectivity index (χ0) is 14.5. The third-order valence-electron chi connectivity index (χ3n) is 3.14. The average molecular weight is 274 g/mol. The molecule has 0 atom stereocenters. The molecule has 0 aliphatic rings. The molecule has 0 saturated carbocycles. The van der Waals surface area contributed by atoms with E-state index >= 15 is 0 Å². The molecule has 106 valence electrons. The first-order valence-corrected chi connectivity index (χ1v) is 6.46. The number of nitrogens with zero attached hydrogens (tertiary/aromatic N) is 1. The Morgan fingerprint density at radius 1 is 1.40 bits per heavy atom. The van der Waals surface area contributed by atoms with E-state index < -0.39 is 0 Å². The number of H-pyrrole nitrogens is 1. The van der Waals surface area contributed by atoms with Crippen LogP contribution in [-0.2, 0) is 12.8 Å². The van der Waals surface area contributed by atoms with Crippen LogP contribution in [0.5, 0.6) is 5.75 Å². The summed E-state index contributed by atoms with van der Waals surface area (Å²) in [6, 6.07) is 7.64. The van der Waals surface area contributed by atoms with Crippen molar-refractivity contribution in [3.05, 3.63) is 57.3 Å². The van der Waals surface area contributed by atoms with Gasteiger partial charge in [-0.3, -0.25) is 4.79 Å². The summed E-state index contributed by atoms with van der Waals surface area (Å²) in [6.07, 6.45) is 0.861. The Morgan fingerprint density at radius 3 is 2.85 bits per heavy atom. The second kappa shape index (κ2) is 6.34. The van der Waals surface area contributed by atoms with Crippen molar-refractivity contribution in [2.45, 2.75) is 19.8 Å². The lowest BCUT2D eigenvalue weighted by atomic mass is 10.1. The van der Waals surface area contributed by atoms with Gasteiger partial charge in [0.15, 0.2) is 0 Å². The molecule has 5 heteroatoms. The molecule has 5 nitrogen and oxygen atoms in total. The van der Waals surface area contributed by atoms with E-state index in [0.717, 1.165) is 11.3 Å². The second-order valence-electron chi connectivity index (χ2n) is 4.58. The highest BCUT2D eigenvalue weighted by Crippen LogP contribution is 2.14. The Balaban J connectivity index is 2.28. The summed E-state index contributed by atoms with van der Waals surface area (Å²) in [7, 11) is 1.62. The molecule has 0 unspecified atom stereocenters. The third kappa shape index (κ3) is 3.24. The molecular weight excluding hydrogens is 256 g/mol. The van der Waals surface area contributed by atoms with Crippen LogP contribution in [0.3, 0.4) is 0 Å². The van der Waals surface area contributed by atoms with E-state index in [1.807, 2.05) is 24.3 Å². The smallest absolute Gasteiger partial charge is 0.254 e. The zero-order valence-corrected chi connectivity index (χ0v) is 11.6. The Labute approximate surface area is 117 Å². The van der Waals surface area contributed by atoms with Gasteiger partial charge in [-0.15, -0.1) is 0 Å². The van der Waals surface area contributed by atoms with E-state index in [1.165, 1.54) is 0 Å². The summed E-state index contributed by atoms with van der Waals surface area (Å²) < 4.78 is 5.17. The van der Waals surface area contributed by atoms with Crippen LogP contribution in [0.2, 0.25) is 0 Å². The highest BCUT2D eigenvalue weighted by atomic mass is 16.5. The second-order valence-corrected chi connectivity index (χ2v) is 4.58. The number of hydrogen-bond donors (Lipinski definition) is 2. The van der Waals surface area contributed by atoms with Crippen molar-refractivity contribution in [2.24, 2.45) is 0 Å². The standard InChI is InChI=1S/C15H18N2O3/c1-10-13(6-7-18)15(19)17-14(16-10)9-11-4-3-5-12(8-11)20-2/h3-5,8,18H,6-7,9H2,1-2H3,(H,16,17,19). The summed E-state index contributed by atoms with van der Waals surface area (Å²) in [5.41, 5.74) is 2.05. The van der Waals surface area contributed by atoms with Crippen molar-refractivity contribution >= 4 is 0 Å². The molecule has 1 heterocycles. The fraction of sp³-hybridized carbons (Fsp3) is 0.333. The van der Waals surface area contributed by atoms with Gasteiger partial charge in [0, 0.05) is 30.7 Å². The zero-order valence-electron chi connectivity index (χ0n) is 11.6. The largest absolute Gasteiger partial charge is 0.497 e. The number of aliphatic hydroxyl groups excluding tert-OH is 1. The van der Waals surface area contributed by atoms with E-state index in [9.17, 15) is 4.79 Å². The molecule has 0 fully saturated rings. The summed E-state index contributed by atoms with van der Waals surface area (Å²) in [4.78, 5) is 19.1. The van der Waals surface area contributed by atoms with Gasteiger partial charge < -0.3 is 14.8 Å². The van der Waals surface area contributed by atoms with Crippen molar-refractivity contribution in [3.63, 3.8) is 0 Å². The van der Waals surface area contributed by atoms with Crippen molar-refractivity contribution < 1.29 is 9.84 Å². The number of nitrogens with one attached hydrogen (secondary N) is 1. The number of benzene rings is 1. The predicted molar refractivity (Wildman–Crippen MR) is 76.2 cm³/mol. The summed E-state index contributed by atoms with van der Waals surface area (Å²) in [5, 5.41) is 8.94. The van der Waals surface area contributed by atoms with Gasteiger partial charge in [0.2, 0.25) is 0 Å². The van der Waals surface area contributed by atoms with Crippen molar-refractivity contribution in [3.8, 4) is 5.75 Å². The number of methoxy groups -OCH3 is 1. The number of aryl methyl sites for hydroxylation is 1. The van der Waals surface area contributed by atoms with E-state index in [4.69, 9.17) is 9.84 Å². The van der Waals surface area contributed by atoms with Gasteiger partial charge in [-0.2, -0.15) is 0 Å². The Morgan fingerprint density at radius 2 is 2.20 bits per heavy atom. The van der Waals surface area contributed by atoms with Gasteiger partial charge >= 0.3 is 0 Å². The van der Waals surface area contributed by atoms with Gasteiger partial charge in [0.25, 0.3) is 5.56 Å². The minimum Gasteiger partial charge on any atom is -0.497 e. The van der Waals surface area contributed by atoms with Crippen LogP contribution in [0.1, 0.15) is 22.6 Å². The maximum absolute atomic E-state index is 11.9. The van der Waals surface area contributed by atoms with Crippen LogP contribution >= 0.6 is 0 Å². The Kier molecular flexibility index (Phi) is 4.53. The number of aromatic amines is 1. The SMILES string of the molecule is COc1cccc(Cc2nc(C)c(CCO)c(=O)[nH]2)c1. The lowest BCUT2D eigenvalue weighted by Gasteiger charge is -2.07. The normalized spacial score (nSPS) is 10.6. The number of rotatable bonds is 5. The summed E-state index contributed by atoms with van der Waals surface area (Å²) in [5.74, 6) is 1.39. The van der Waals surface area contributed by atoms with Crippen molar-refractivity contribution in [2.75, 3.05) is 13.7 Å².